The average molecular weight is 495 g/mol. The summed E-state index contributed by atoms with van der Waals surface area (Å²) in [5, 5.41) is 44.4. The van der Waals surface area contributed by atoms with Crippen molar-refractivity contribution in [1.82, 2.24) is 4.90 Å². The summed E-state index contributed by atoms with van der Waals surface area (Å²) in [7, 11) is 3.14. The second kappa shape index (κ2) is 8.76. The van der Waals surface area contributed by atoms with E-state index in [1.165, 1.54) is 11.0 Å². The fourth-order valence-corrected chi connectivity index (χ4v) is 5.94. The number of benzene rings is 1. The van der Waals surface area contributed by atoms with Crippen molar-refractivity contribution in [3.8, 4) is 5.75 Å². The van der Waals surface area contributed by atoms with Crippen LogP contribution in [-0.4, -0.2) is 68.5 Å². The van der Waals surface area contributed by atoms with Gasteiger partial charge in [0.05, 0.1) is 11.6 Å². The molecule has 1 fully saturated rings. The molecule has 1 aromatic rings. The van der Waals surface area contributed by atoms with Crippen LogP contribution in [0.2, 0.25) is 0 Å². The largest absolute Gasteiger partial charge is 0.508 e. The zero-order valence-electron chi connectivity index (χ0n) is 20.6. The molecule has 9 nitrogen and oxygen atoms in total. The highest BCUT2D eigenvalue weighted by molar-refractivity contribution is 6.24. The minimum atomic E-state index is -2.64. The molecule has 0 saturated heterocycles. The van der Waals surface area contributed by atoms with Crippen LogP contribution in [0.4, 0.5) is 0 Å². The first kappa shape index (κ1) is 25.4. The lowest BCUT2D eigenvalue weighted by molar-refractivity contribution is -0.153. The van der Waals surface area contributed by atoms with Crippen molar-refractivity contribution in [2.45, 2.75) is 38.3 Å². The third-order valence-electron chi connectivity index (χ3n) is 7.57. The van der Waals surface area contributed by atoms with Gasteiger partial charge < -0.3 is 26.2 Å². The second-order valence-electron chi connectivity index (χ2n) is 9.82. The lowest BCUT2D eigenvalue weighted by Gasteiger charge is -2.50. The van der Waals surface area contributed by atoms with Gasteiger partial charge in [0.25, 0.3) is 5.91 Å². The van der Waals surface area contributed by atoms with E-state index >= 15 is 0 Å². The summed E-state index contributed by atoms with van der Waals surface area (Å²) in [6, 6.07) is 2.05. The van der Waals surface area contributed by atoms with Crippen molar-refractivity contribution in [3.05, 3.63) is 64.0 Å². The van der Waals surface area contributed by atoms with Crippen molar-refractivity contribution in [2.75, 3.05) is 14.1 Å². The van der Waals surface area contributed by atoms with Crippen LogP contribution in [0.3, 0.4) is 0 Å². The number of ketones is 2. The minimum absolute atomic E-state index is 0.0541. The zero-order valence-corrected chi connectivity index (χ0v) is 20.6. The number of aromatic hydroxyl groups is 1. The lowest BCUT2D eigenvalue weighted by atomic mass is 9.57. The van der Waals surface area contributed by atoms with Gasteiger partial charge in [-0.2, -0.15) is 0 Å². The fraction of sp³-hybridized carbons (Fsp3) is 0.370. The summed E-state index contributed by atoms with van der Waals surface area (Å²) in [6.07, 6.45) is 5.93. The molecule has 1 amide bonds. The molecular formula is C27H30N2O7. The Balaban J connectivity index is 1.97. The van der Waals surface area contributed by atoms with Crippen molar-refractivity contribution in [3.63, 3.8) is 0 Å². The number of amides is 1. The number of primary amides is 1. The summed E-state index contributed by atoms with van der Waals surface area (Å²) in [6.45, 7) is 3.77. The molecule has 0 heterocycles. The number of carbonyl (C=O) groups excluding carboxylic acids is 3. The standard InChI is InChI=1S/C27H30N2O7/c1-5-6-7-12(2)14-8-9-17(30)19-15(14)10-13-11-16-21(29(3)4)23(32)20(26(28)35)25(34)27(16,36)24(33)18(13)22(19)31/h5-9,13,16,21,30-31,34,36H,10-11H2,1-4H3,(H2,28,35)/b6-5-,12-7+/t13-,16-,21-,27-/m0/s1. The van der Waals surface area contributed by atoms with Crippen molar-refractivity contribution in [2.24, 2.45) is 17.6 Å². The van der Waals surface area contributed by atoms with Gasteiger partial charge >= 0.3 is 0 Å². The number of phenols is 1. The van der Waals surface area contributed by atoms with Crippen LogP contribution in [-0.2, 0) is 20.8 Å². The van der Waals surface area contributed by atoms with Gasteiger partial charge in [-0.1, -0.05) is 24.3 Å². The molecular weight excluding hydrogens is 464 g/mol. The number of aliphatic hydroxyl groups excluding tert-OH is 2. The number of phenolic OH excluding ortho intramolecular Hbond substituents is 1. The Bertz CT molecular complexity index is 1320. The number of allylic oxidation sites excluding steroid dienone is 4. The van der Waals surface area contributed by atoms with Crippen LogP contribution in [0, 0.1) is 11.8 Å². The van der Waals surface area contributed by atoms with Crippen molar-refractivity contribution in [1.29, 1.82) is 0 Å². The van der Waals surface area contributed by atoms with E-state index < -0.39 is 58.0 Å². The van der Waals surface area contributed by atoms with Gasteiger partial charge in [-0.05, 0) is 69.5 Å². The summed E-state index contributed by atoms with van der Waals surface area (Å²) >= 11 is 0. The third-order valence-corrected chi connectivity index (χ3v) is 7.57. The highest BCUT2D eigenvalue weighted by atomic mass is 16.3. The van der Waals surface area contributed by atoms with Crippen LogP contribution >= 0.6 is 0 Å². The van der Waals surface area contributed by atoms with Gasteiger partial charge in [-0.3, -0.25) is 19.3 Å². The Morgan fingerprint density at radius 3 is 2.44 bits per heavy atom. The van der Waals surface area contributed by atoms with Crippen molar-refractivity contribution >= 4 is 28.8 Å². The third kappa shape index (κ3) is 3.42. The molecule has 6 N–H and O–H groups in total. The minimum Gasteiger partial charge on any atom is -0.508 e. The van der Waals surface area contributed by atoms with E-state index in [-0.39, 0.29) is 29.7 Å². The van der Waals surface area contributed by atoms with E-state index in [0.717, 1.165) is 11.1 Å². The van der Waals surface area contributed by atoms with Crippen LogP contribution in [0.1, 0.15) is 37.0 Å². The molecule has 1 saturated carbocycles. The monoisotopic (exact) mass is 494 g/mol. The quantitative estimate of drug-likeness (QED) is 0.313. The molecule has 0 spiro atoms. The number of likely N-dealkylation sites (N-methyl/N-ethyl adjacent to an activating group) is 1. The molecule has 1 aromatic carbocycles. The number of hydrogen-bond acceptors (Lipinski definition) is 8. The lowest BCUT2D eigenvalue weighted by Crippen LogP contribution is -2.65. The van der Waals surface area contributed by atoms with Gasteiger partial charge in [0.2, 0.25) is 5.78 Å². The van der Waals surface area contributed by atoms with Crippen LogP contribution in [0.5, 0.6) is 5.75 Å². The summed E-state index contributed by atoms with van der Waals surface area (Å²) in [5.74, 6) is -6.59. The molecule has 0 radical (unpaired) electrons. The molecule has 0 aliphatic heterocycles. The molecule has 9 heteroatoms. The number of Topliss-reactive ketones (excluding diaryl/α,β-unsaturated/α-hetero) is 2. The van der Waals surface area contributed by atoms with E-state index in [1.54, 1.807) is 20.2 Å². The maximum Gasteiger partial charge on any atom is 0.255 e. The molecule has 4 atom stereocenters. The summed E-state index contributed by atoms with van der Waals surface area (Å²) < 4.78 is 0. The number of nitrogens with two attached hydrogens (primary N) is 1. The molecule has 3 aliphatic carbocycles. The molecule has 190 valence electrons. The van der Waals surface area contributed by atoms with Crippen LogP contribution in [0.25, 0.3) is 11.3 Å². The number of nitrogens with zero attached hydrogens (tertiary/aromatic N) is 1. The first-order valence-electron chi connectivity index (χ1n) is 11.7. The van der Waals surface area contributed by atoms with E-state index in [4.69, 9.17) is 5.73 Å². The van der Waals surface area contributed by atoms with Crippen LogP contribution in [0.15, 0.2) is 47.3 Å². The Kier molecular flexibility index (Phi) is 6.18. The predicted octanol–water partition coefficient (Wildman–Crippen LogP) is 1.94. The molecule has 0 aromatic heterocycles. The van der Waals surface area contributed by atoms with Gasteiger partial charge in [0, 0.05) is 11.5 Å². The molecule has 0 bridgehead atoms. The second-order valence-corrected chi connectivity index (χ2v) is 9.82. The van der Waals surface area contributed by atoms with Gasteiger partial charge in [-0.15, -0.1) is 0 Å². The van der Waals surface area contributed by atoms with Gasteiger partial charge in [0.15, 0.2) is 11.4 Å². The van der Waals surface area contributed by atoms with E-state index in [1.807, 2.05) is 32.1 Å². The number of fused-ring (bicyclic) bond motifs is 3. The summed E-state index contributed by atoms with van der Waals surface area (Å²) in [4.78, 5) is 40.5. The highest BCUT2D eigenvalue weighted by Crippen LogP contribution is 2.53. The fourth-order valence-electron chi connectivity index (χ4n) is 5.94. The number of rotatable bonds is 4. The Hall–Kier alpha value is -3.69. The SMILES string of the molecule is C/C=C\C=C(/C)c1ccc(O)c2c1C[C@H]1C[C@H]3[C@H](N(C)C)C(=O)C(C(N)=O)=C(O)[C@@]3(O)C(=O)C1=C2O. The summed E-state index contributed by atoms with van der Waals surface area (Å²) in [5.41, 5.74) is 4.08. The Morgan fingerprint density at radius 2 is 1.86 bits per heavy atom. The van der Waals surface area contributed by atoms with Crippen LogP contribution < -0.4 is 5.73 Å². The van der Waals surface area contributed by atoms with E-state index in [9.17, 15) is 34.8 Å². The van der Waals surface area contributed by atoms with E-state index in [0.29, 0.717) is 5.56 Å². The molecule has 0 unspecified atom stereocenters. The number of carbonyl (C=O) groups is 3. The van der Waals surface area contributed by atoms with Gasteiger partial charge in [0.1, 0.15) is 22.8 Å². The highest BCUT2D eigenvalue weighted by Gasteiger charge is 2.64. The van der Waals surface area contributed by atoms with E-state index in [2.05, 4.69) is 0 Å². The topological polar surface area (TPSA) is 161 Å². The maximum atomic E-state index is 13.8. The molecule has 3 aliphatic rings. The average Bonchev–Trinajstić information content (AvgIpc) is 2.79. The zero-order chi connectivity index (χ0) is 26.7. The number of aliphatic hydroxyl groups is 3. The normalized spacial score (nSPS) is 28.5. The first-order valence-corrected chi connectivity index (χ1v) is 11.7. The molecule has 36 heavy (non-hydrogen) atoms. The van der Waals surface area contributed by atoms with Gasteiger partial charge in [-0.25, -0.2) is 0 Å². The Labute approximate surface area is 208 Å². The molecule has 4 rings (SSSR count). The first-order chi connectivity index (χ1) is 16.9. The predicted molar refractivity (Wildman–Crippen MR) is 133 cm³/mol. The Morgan fingerprint density at radius 1 is 1.19 bits per heavy atom. The maximum absolute atomic E-state index is 13.8. The van der Waals surface area contributed by atoms with Crippen molar-refractivity contribution < 1.29 is 34.8 Å². The number of hydrogen-bond donors (Lipinski definition) is 5. The smallest absolute Gasteiger partial charge is 0.255 e.